The molecule has 0 radical (unpaired) electrons. The second-order valence-corrected chi connectivity index (χ2v) is 5.07. The number of hydrogen-bond donors (Lipinski definition) is 1. The van der Waals surface area contributed by atoms with E-state index in [-0.39, 0.29) is 6.04 Å². The lowest BCUT2D eigenvalue weighted by Gasteiger charge is -2.18. The maximum absolute atomic E-state index is 5.12. The summed E-state index contributed by atoms with van der Waals surface area (Å²) >= 11 is 3.56. The predicted molar refractivity (Wildman–Crippen MR) is 75.9 cm³/mol. The van der Waals surface area contributed by atoms with Crippen LogP contribution in [0.25, 0.3) is 0 Å². The van der Waals surface area contributed by atoms with Gasteiger partial charge in [0, 0.05) is 26.6 Å². The molecule has 0 bridgehead atoms. The summed E-state index contributed by atoms with van der Waals surface area (Å²) in [4.78, 5) is 4.41. The molecular weight excluding hydrogens is 310 g/mol. The van der Waals surface area contributed by atoms with Crippen LogP contribution in [0, 0.1) is 0 Å². The molecule has 0 aromatic carbocycles. The van der Waals surface area contributed by atoms with Gasteiger partial charge in [-0.15, -0.1) is 0 Å². The number of aromatic nitrogens is 4. The van der Waals surface area contributed by atoms with Crippen LogP contribution in [0.3, 0.4) is 0 Å². The normalized spacial score (nSPS) is 12.8. The number of rotatable bonds is 6. The molecule has 1 unspecified atom stereocenters. The summed E-state index contributed by atoms with van der Waals surface area (Å²) in [6.45, 7) is 1.33. The van der Waals surface area contributed by atoms with Crippen molar-refractivity contribution in [2.45, 2.75) is 12.6 Å². The first-order chi connectivity index (χ1) is 9.19. The fourth-order valence-corrected chi connectivity index (χ4v) is 2.58. The maximum atomic E-state index is 5.12. The highest BCUT2D eigenvalue weighted by atomic mass is 79.9. The standard InChI is InChI=1S/C12H18BrN5O/c1-14-10(12-15-4-5-17(12)2)11-9(13)8-16-18(11)6-7-19-3/h4-5,8,10,14H,6-7H2,1-3H3. The first-order valence-corrected chi connectivity index (χ1v) is 6.83. The smallest absolute Gasteiger partial charge is 0.131 e. The molecular formula is C12H18BrN5O. The molecule has 2 aromatic rings. The van der Waals surface area contributed by atoms with E-state index in [1.165, 1.54) is 0 Å². The number of aryl methyl sites for hydroxylation is 1. The van der Waals surface area contributed by atoms with E-state index in [0.29, 0.717) is 13.2 Å². The summed E-state index contributed by atoms with van der Waals surface area (Å²) in [5.74, 6) is 0.947. The van der Waals surface area contributed by atoms with Gasteiger partial charge in [-0.2, -0.15) is 5.10 Å². The predicted octanol–water partition coefficient (Wildman–Crippen LogP) is 1.33. The Morgan fingerprint density at radius 2 is 2.32 bits per heavy atom. The third-order valence-electron chi connectivity index (χ3n) is 3.02. The SMILES string of the molecule is CNC(c1nccn1C)c1c(Br)cnn1CCOC. The van der Waals surface area contributed by atoms with Gasteiger partial charge in [0.1, 0.15) is 11.9 Å². The zero-order chi connectivity index (χ0) is 13.8. The lowest BCUT2D eigenvalue weighted by Crippen LogP contribution is -2.25. The minimum atomic E-state index is -0.0197. The minimum absolute atomic E-state index is 0.0197. The van der Waals surface area contributed by atoms with Crippen molar-refractivity contribution in [1.82, 2.24) is 24.6 Å². The van der Waals surface area contributed by atoms with Gasteiger partial charge >= 0.3 is 0 Å². The van der Waals surface area contributed by atoms with Gasteiger partial charge in [0.15, 0.2) is 0 Å². The summed E-state index contributed by atoms with van der Waals surface area (Å²) < 4.78 is 10.0. The summed E-state index contributed by atoms with van der Waals surface area (Å²) in [6, 6.07) is -0.0197. The lowest BCUT2D eigenvalue weighted by molar-refractivity contribution is 0.182. The van der Waals surface area contributed by atoms with E-state index in [0.717, 1.165) is 16.0 Å². The summed E-state index contributed by atoms with van der Waals surface area (Å²) in [5.41, 5.74) is 1.05. The highest BCUT2D eigenvalue weighted by molar-refractivity contribution is 9.10. The number of imidazole rings is 1. The number of ether oxygens (including phenoxy) is 1. The van der Waals surface area contributed by atoms with Crippen LogP contribution < -0.4 is 5.32 Å². The molecule has 1 atom stereocenters. The fourth-order valence-electron chi connectivity index (χ4n) is 2.06. The third kappa shape index (κ3) is 2.88. The summed E-state index contributed by atoms with van der Waals surface area (Å²) in [7, 11) is 5.59. The van der Waals surface area contributed by atoms with Crippen molar-refractivity contribution >= 4 is 15.9 Å². The number of methoxy groups -OCH3 is 1. The second-order valence-electron chi connectivity index (χ2n) is 4.21. The topological polar surface area (TPSA) is 56.9 Å². The monoisotopic (exact) mass is 327 g/mol. The van der Waals surface area contributed by atoms with Crippen LogP contribution in [0.15, 0.2) is 23.1 Å². The molecule has 0 saturated carbocycles. The van der Waals surface area contributed by atoms with E-state index in [1.54, 1.807) is 19.5 Å². The molecule has 0 fully saturated rings. The molecule has 0 aliphatic heterocycles. The van der Waals surface area contributed by atoms with Crippen LogP contribution in [0.4, 0.5) is 0 Å². The number of nitrogens with zero attached hydrogens (tertiary/aromatic N) is 4. The Kier molecular flexibility index (Phi) is 4.73. The molecule has 2 heterocycles. The van der Waals surface area contributed by atoms with Gasteiger partial charge in [-0.05, 0) is 23.0 Å². The van der Waals surface area contributed by atoms with Gasteiger partial charge in [0.25, 0.3) is 0 Å². The second kappa shape index (κ2) is 6.31. The van der Waals surface area contributed by atoms with Gasteiger partial charge in [0.05, 0.1) is 29.5 Å². The lowest BCUT2D eigenvalue weighted by atomic mass is 10.2. The maximum Gasteiger partial charge on any atom is 0.131 e. The Balaban J connectivity index is 2.38. The number of nitrogens with one attached hydrogen (secondary N) is 1. The van der Waals surface area contributed by atoms with Crippen LogP contribution in [0.5, 0.6) is 0 Å². The molecule has 0 amide bonds. The molecule has 0 aliphatic carbocycles. The zero-order valence-electron chi connectivity index (χ0n) is 11.3. The Morgan fingerprint density at radius 1 is 1.53 bits per heavy atom. The summed E-state index contributed by atoms with van der Waals surface area (Å²) in [5, 5.41) is 7.66. The Labute approximate surface area is 120 Å². The van der Waals surface area contributed by atoms with Crippen molar-refractivity contribution < 1.29 is 4.74 Å². The molecule has 2 rings (SSSR count). The van der Waals surface area contributed by atoms with Gasteiger partial charge in [-0.3, -0.25) is 4.68 Å². The van der Waals surface area contributed by atoms with Crippen molar-refractivity contribution in [2.75, 3.05) is 20.8 Å². The van der Waals surface area contributed by atoms with E-state index < -0.39 is 0 Å². The molecule has 6 nitrogen and oxygen atoms in total. The van der Waals surface area contributed by atoms with Gasteiger partial charge in [-0.25, -0.2) is 4.98 Å². The molecule has 0 saturated heterocycles. The van der Waals surface area contributed by atoms with Crippen LogP contribution >= 0.6 is 15.9 Å². The Morgan fingerprint density at radius 3 is 2.89 bits per heavy atom. The van der Waals surface area contributed by atoms with Crippen LogP contribution in [0.1, 0.15) is 17.6 Å². The summed E-state index contributed by atoms with van der Waals surface area (Å²) in [6.07, 6.45) is 5.53. The van der Waals surface area contributed by atoms with E-state index >= 15 is 0 Å². The fraction of sp³-hybridized carbons (Fsp3) is 0.500. The third-order valence-corrected chi connectivity index (χ3v) is 3.63. The van der Waals surface area contributed by atoms with Crippen LogP contribution in [-0.4, -0.2) is 40.1 Å². The molecule has 2 aromatic heterocycles. The molecule has 104 valence electrons. The quantitative estimate of drug-likeness (QED) is 0.869. The van der Waals surface area contributed by atoms with Gasteiger partial charge < -0.3 is 14.6 Å². The Bertz CT molecular complexity index is 536. The average Bonchev–Trinajstić information content (AvgIpc) is 2.97. The zero-order valence-corrected chi connectivity index (χ0v) is 12.9. The largest absolute Gasteiger partial charge is 0.383 e. The van der Waals surface area contributed by atoms with Crippen molar-refractivity contribution in [3.05, 3.63) is 34.6 Å². The van der Waals surface area contributed by atoms with Crippen LogP contribution in [0.2, 0.25) is 0 Å². The highest BCUT2D eigenvalue weighted by Gasteiger charge is 2.23. The number of hydrogen-bond acceptors (Lipinski definition) is 4. The molecule has 0 aliphatic rings. The number of halogens is 1. The molecule has 0 spiro atoms. The Hall–Kier alpha value is -1.18. The van der Waals surface area contributed by atoms with Crippen molar-refractivity contribution in [1.29, 1.82) is 0 Å². The van der Waals surface area contributed by atoms with Gasteiger partial charge in [-0.1, -0.05) is 0 Å². The van der Waals surface area contributed by atoms with Crippen molar-refractivity contribution in [3.8, 4) is 0 Å². The van der Waals surface area contributed by atoms with E-state index in [1.807, 2.05) is 29.5 Å². The van der Waals surface area contributed by atoms with Gasteiger partial charge in [0.2, 0.25) is 0 Å². The van der Waals surface area contributed by atoms with E-state index in [2.05, 4.69) is 31.3 Å². The molecule has 1 N–H and O–H groups in total. The van der Waals surface area contributed by atoms with Crippen molar-refractivity contribution in [2.24, 2.45) is 7.05 Å². The minimum Gasteiger partial charge on any atom is -0.383 e. The highest BCUT2D eigenvalue weighted by Crippen LogP contribution is 2.27. The van der Waals surface area contributed by atoms with Crippen molar-refractivity contribution in [3.63, 3.8) is 0 Å². The molecule has 7 heteroatoms. The first kappa shape index (κ1) is 14.2. The first-order valence-electron chi connectivity index (χ1n) is 6.03. The van der Waals surface area contributed by atoms with Crippen LogP contribution in [-0.2, 0) is 18.3 Å². The average molecular weight is 328 g/mol. The van der Waals surface area contributed by atoms with E-state index in [9.17, 15) is 0 Å². The molecule has 19 heavy (non-hydrogen) atoms. The van der Waals surface area contributed by atoms with E-state index in [4.69, 9.17) is 4.74 Å².